The number of nitrogens with zero attached hydrogens (tertiary/aromatic N) is 1. The molecule has 1 aromatic heterocycles. The number of ether oxygens (including phenoxy) is 1. The highest BCUT2D eigenvalue weighted by Gasteiger charge is 2.11. The Morgan fingerprint density at radius 3 is 2.53 bits per heavy atom. The van der Waals surface area contributed by atoms with Gasteiger partial charge < -0.3 is 4.74 Å². The molecule has 1 heterocycles. The molecule has 0 amide bonds. The molecule has 0 spiro atoms. The van der Waals surface area contributed by atoms with E-state index in [0.717, 1.165) is 18.4 Å². The first-order valence-electron chi connectivity index (χ1n) is 6.20. The van der Waals surface area contributed by atoms with E-state index >= 15 is 0 Å². The van der Waals surface area contributed by atoms with Crippen LogP contribution in [0.15, 0.2) is 18.3 Å². The SMILES string of the molecule is CCC(CC)CC(=O)Cc1ccc(OC)nc1. The Hall–Kier alpha value is -1.38. The zero-order chi connectivity index (χ0) is 12.7. The van der Waals surface area contributed by atoms with E-state index < -0.39 is 0 Å². The van der Waals surface area contributed by atoms with Crippen molar-refractivity contribution in [3.05, 3.63) is 23.9 Å². The maximum absolute atomic E-state index is 11.8. The quantitative estimate of drug-likeness (QED) is 0.729. The van der Waals surface area contributed by atoms with Crippen LogP contribution in [0.25, 0.3) is 0 Å². The lowest BCUT2D eigenvalue weighted by molar-refractivity contribution is -0.119. The summed E-state index contributed by atoms with van der Waals surface area (Å²) in [6.07, 6.45) is 5.02. The smallest absolute Gasteiger partial charge is 0.212 e. The molecular formula is C14H21NO2. The van der Waals surface area contributed by atoms with Crippen molar-refractivity contribution in [1.82, 2.24) is 4.98 Å². The first-order chi connectivity index (χ1) is 8.19. The van der Waals surface area contributed by atoms with Crippen molar-refractivity contribution in [2.24, 2.45) is 5.92 Å². The van der Waals surface area contributed by atoms with Gasteiger partial charge in [-0.15, -0.1) is 0 Å². The van der Waals surface area contributed by atoms with Crippen LogP contribution in [-0.2, 0) is 11.2 Å². The predicted octanol–water partition coefficient (Wildman–Crippen LogP) is 3.03. The van der Waals surface area contributed by atoms with Gasteiger partial charge >= 0.3 is 0 Å². The largest absolute Gasteiger partial charge is 0.481 e. The molecule has 0 N–H and O–H groups in total. The van der Waals surface area contributed by atoms with E-state index in [4.69, 9.17) is 4.74 Å². The second-order valence-electron chi connectivity index (χ2n) is 4.31. The summed E-state index contributed by atoms with van der Waals surface area (Å²) in [5.41, 5.74) is 0.960. The number of rotatable bonds is 7. The number of ketones is 1. The number of hydrogen-bond acceptors (Lipinski definition) is 3. The summed E-state index contributed by atoms with van der Waals surface area (Å²) in [4.78, 5) is 15.9. The van der Waals surface area contributed by atoms with Crippen LogP contribution in [0, 0.1) is 5.92 Å². The van der Waals surface area contributed by atoms with Gasteiger partial charge in [0.25, 0.3) is 0 Å². The summed E-state index contributed by atoms with van der Waals surface area (Å²) < 4.78 is 4.98. The molecule has 3 nitrogen and oxygen atoms in total. The van der Waals surface area contributed by atoms with E-state index in [9.17, 15) is 4.79 Å². The van der Waals surface area contributed by atoms with E-state index in [1.54, 1.807) is 19.4 Å². The van der Waals surface area contributed by atoms with E-state index in [1.165, 1.54) is 0 Å². The molecule has 0 aromatic carbocycles. The molecule has 0 fully saturated rings. The molecule has 17 heavy (non-hydrogen) atoms. The molecule has 94 valence electrons. The number of carbonyl (C=O) groups is 1. The van der Waals surface area contributed by atoms with Crippen molar-refractivity contribution in [3.8, 4) is 5.88 Å². The lowest BCUT2D eigenvalue weighted by atomic mass is 9.94. The minimum absolute atomic E-state index is 0.297. The molecule has 1 aromatic rings. The monoisotopic (exact) mass is 235 g/mol. The van der Waals surface area contributed by atoms with E-state index in [0.29, 0.717) is 30.4 Å². The van der Waals surface area contributed by atoms with E-state index in [-0.39, 0.29) is 0 Å². The maximum Gasteiger partial charge on any atom is 0.212 e. The van der Waals surface area contributed by atoms with Crippen molar-refractivity contribution in [3.63, 3.8) is 0 Å². The molecule has 0 radical (unpaired) electrons. The standard InChI is InChI=1S/C14H21NO2/c1-4-11(5-2)8-13(16)9-12-6-7-14(17-3)15-10-12/h6-7,10-11H,4-5,8-9H2,1-3H3. The number of hydrogen-bond donors (Lipinski definition) is 0. The third kappa shape index (κ3) is 4.55. The number of carbonyl (C=O) groups excluding carboxylic acids is 1. The van der Waals surface area contributed by atoms with Crippen molar-refractivity contribution in [1.29, 1.82) is 0 Å². The highest BCUT2D eigenvalue weighted by molar-refractivity contribution is 5.81. The lowest BCUT2D eigenvalue weighted by Gasteiger charge is -2.10. The molecule has 0 atom stereocenters. The first-order valence-corrected chi connectivity index (χ1v) is 6.20. The molecule has 0 bridgehead atoms. The second-order valence-corrected chi connectivity index (χ2v) is 4.31. The van der Waals surface area contributed by atoms with Crippen molar-refractivity contribution >= 4 is 5.78 Å². The Labute approximate surface area is 103 Å². The highest BCUT2D eigenvalue weighted by atomic mass is 16.5. The Bertz CT molecular complexity index is 342. The molecular weight excluding hydrogens is 214 g/mol. The topological polar surface area (TPSA) is 39.2 Å². The fraction of sp³-hybridized carbons (Fsp3) is 0.571. The molecule has 0 aliphatic carbocycles. The van der Waals surface area contributed by atoms with Gasteiger partial charge in [0.2, 0.25) is 5.88 Å². The summed E-state index contributed by atoms with van der Waals surface area (Å²) in [6.45, 7) is 4.27. The normalized spacial score (nSPS) is 10.6. The lowest BCUT2D eigenvalue weighted by Crippen LogP contribution is -2.09. The van der Waals surface area contributed by atoms with E-state index in [1.807, 2.05) is 6.07 Å². The van der Waals surface area contributed by atoms with Crippen molar-refractivity contribution in [2.45, 2.75) is 39.5 Å². The number of pyridine rings is 1. The fourth-order valence-corrected chi connectivity index (χ4v) is 1.84. The van der Waals surface area contributed by atoms with Gasteiger partial charge in [-0.1, -0.05) is 32.8 Å². The minimum Gasteiger partial charge on any atom is -0.481 e. The number of Topliss-reactive ketones (excluding diaryl/α,β-unsaturated/α-hetero) is 1. The van der Waals surface area contributed by atoms with E-state index in [2.05, 4.69) is 18.8 Å². The van der Waals surface area contributed by atoms with Crippen LogP contribution in [0.1, 0.15) is 38.7 Å². The van der Waals surface area contributed by atoms with Crippen LogP contribution in [-0.4, -0.2) is 17.9 Å². The molecule has 0 saturated carbocycles. The van der Waals surface area contributed by atoms with Gasteiger partial charge in [0.15, 0.2) is 0 Å². The van der Waals surface area contributed by atoms with Crippen molar-refractivity contribution in [2.75, 3.05) is 7.11 Å². The second kappa shape index (κ2) is 7.05. The molecule has 3 heteroatoms. The van der Waals surface area contributed by atoms with Gasteiger partial charge in [-0.2, -0.15) is 0 Å². The predicted molar refractivity (Wildman–Crippen MR) is 68.2 cm³/mol. The summed E-state index contributed by atoms with van der Waals surface area (Å²) in [5.74, 6) is 1.40. The summed E-state index contributed by atoms with van der Waals surface area (Å²) in [7, 11) is 1.58. The fourth-order valence-electron chi connectivity index (χ4n) is 1.84. The molecule has 0 saturated heterocycles. The molecule has 0 aliphatic rings. The molecule has 0 aliphatic heterocycles. The molecule has 0 unspecified atom stereocenters. The van der Waals surface area contributed by atoms with Crippen LogP contribution in [0.2, 0.25) is 0 Å². The van der Waals surface area contributed by atoms with Crippen LogP contribution in [0.4, 0.5) is 0 Å². The first kappa shape index (κ1) is 13.7. The Balaban J connectivity index is 2.49. The number of aromatic nitrogens is 1. The zero-order valence-corrected chi connectivity index (χ0v) is 10.9. The van der Waals surface area contributed by atoms with Gasteiger partial charge in [0, 0.05) is 25.1 Å². The van der Waals surface area contributed by atoms with Crippen LogP contribution < -0.4 is 4.74 Å². The van der Waals surface area contributed by atoms with Gasteiger partial charge in [-0.05, 0) is 11.5 Å². The number of methoxy groups -OCH3 is 1. The van der Waals surface area contributed by atoms with Crippen molar-refractivity contribution < 1.29 is 9.53 Å². The minimum atomic E-state index is 0.297. The Kier molecular flexibility index (Phi) is 5.67. The third-order valence-electron chi connectivity index (χ3n) is 3.08. The summed E-state index contributed by atoms with van der Waals surface area (Å²) >= 11 is 0. The van der Waals surface area contributed by atoms with Gasteiger partial charge in [0.1, 0.15) is 5.78 Å². The van der Waals surface area contributed by atoms with Crippen LogP contribution >= 0.6 is 0 Å². The average molecular weight is 235 g/mol. The molecule has 1 rings (SSSR count). The average Bonchev–Trinajstić information content (AvgIpc) is 2.37. The Morgan fingerprint density at radius 2 is 2.06 bits per heavy atom. The van der Waals surface area contributed by atoms with Crippen LogP contribution in [0.5, 0.6) is 5.88 Å². The Morgan fingerprint density at radius 1 is 1.35 bits per heavy atom. The van der Waals surface area contributed by atoms with Crippen LogP contribution in [0.3, 0.4) is 0 Å². The third-order valence-corrected chi connectivity index (χ3v) is 3.08. The van der Waals surface area contributed by atoms with Gasteiger partial charge in [-0.25, -0.2) is 4.98 Å². The summed E-state index contributed by atoms with van der Waals surface area (Å²) in [5, 5.41) is 0. The highest BCUT2D eigenvalue weighted by Crippen LogP contribution is 2.15. The van der Waals surface area contributed by atoms with Gasteiger partial charge in [-0.3, -0.25) is 4.79 Å². The zero-order valence-electron chi connectivity index (χ0n) is 10.9. The maximum atomic E-state index is 11.8. The summed E-state index contributed by atoms with van der Waals surface area (Å²) in [6, 6.07) is 3.69. The van der Waals surface area contributed by atoms with Gasteiger partial charge in [0.05, 0.1) is 7.11 Å².